The summed E-state index contributed by atoms with van der Waals surface area (Å²) in [6.45, 7) is 0.307. The van der Waals surface area contributed by atoms with Crippen LogP contribution in [0.4, 0.5) is 0 Å². The van der Waals surface area contributed by atoms with Crippen LogP contribution >= 0.6 is 11.6 Å². The highest BCUT2D eigenvalue weighted by Gasteiger charge is 2.16. The topological polar surface area (TPSA) is 57.7 Å². The number of hydrogen-bond donors (Lipinski definition) is 0. The minimum absolute atomic E-state index is 0.136. The number of nitrogens with zero attached hydrogens (tertiary/aromatic N) is 1. The van der Waals surface area contributed by atoms with Gasteiger partial charge in [-0.25, -0.2) is 9.78 Å². The van der Waals surface area contributed by atoms with Gasteiger partial charge in [-0.3, -0.25) is 0 Å². The number of hydrogen-bond acceptors (Lipinski definition) is 5. The summed E-state index contributed by atoms with van der Waals surface area (Å²) < 4.78 is 15.6. The van der Waals surface area contributed by atoms with Gasteiger partial charge in [-0.15, -0.1) is 0 Å². The maximum absolute atomic E-state index is 11.9. The Hall–Kier alpha value is -2.27. The summed E-state index contributed by atoms with van der Waals surface area (Å²) >= 11 is 5.68. The van der Waals surface area contributed by atoms with E-state index in [4.69, 9.17) is 25.8 Å². The van der Waals surface area contributed by atoms with Crippen molar-refractivity contribution in [3.05, 3.63) is 52.8 Å². The van der Waals surface area contributed by atoms with Crippen molar-refractivity contribution in [1.29, 1.82) is 0 Å². The van der Waals surface area contributed by atoms with Crippen LogP contribution < -0.4 is 9.47 Å². The Morgan fingerprint density at radius 2 is 2.10 bits per heavy atom. The van der Waals surface area contributed by atoms with Crippen LogP contribution in [0, 0.1) is 0 Å². The van der Waals surface area contributed by atoms with Crippen molar-refractivity contribution in [2.75, 3.05) is 6.79 Å². The number of halogens is 1. The number of fused-ring (bicyclic) bond motifs is 1. The highest BCUT2D eigenvalue weighted by Crippen LogP contribution is 2.32. The summed E-state index contributed by atoms with van der Waals surface area (Å²) in [4.78, 5) is 15.8. The summed E-state index contributed by atoms with van der Waals surface area (Å²) in [5.41, 5.74) is 1.18. The highest BCUT2D eigenvalue weighted by molar-refractivity contribution is 6.29. The zero-order valence-electron chi connectivity index (χ0n) is 10.3. The molecular weight excluding hydrogens is 282 g/mol. The molecule has 0 aliphatic carbocycles. The normalized spacial score (nSPS) is 12.2. The average Bonchev–Trinajstić information content (AvgIpc) is 2.93. The first-order valence-corrected chi connectivity index (χ1v) is 6.27. The van der Waals surface area contributed by atoms with Crippen LogP contribution in [0.1, 0.15) is 15.9 Å². The summed E-state index contributed by atoms with van der Waals surface area (Å²) in [6.07, 6.45) is 1.56. The molecule has 3 rings (SSSR count). The van der Waals surface area contributed by atoms with Gasteiger partial charge in [-0.2, -0.15) is 0 Å². The van der Waals surface area contributed by atoms with E-state index in [1.807, 2.05) is 0 Å². The van der Waals surface area contributed by atoms with Gasteiger partial charge in [-0.1, -0.05) is 17.7 Å². The first-order valence-electron chi connectivity index (χ1n) is 5.89. The minimum Gasteiger partial charge on any atom is -0.457 e. The van der Waals surface area contributed by atoms with E-state index < -0.39 is 5.97 Å². The van der Waals surface area contributed by atoms with Gasteiger partial charge in [0.15, 0.2) is 11.5 Å². The second-order valence-corrected chi connectivity index (χ2v) is 4.52. The van der Waals surface area contributed by atoms with E-state index in [0.29, 0.717) is 22.2 Å². The van der Waals surface area contributed by atoms with E-state index >= 15 is 0 Å². The molecule has 5 nitrogen and oxygen atoms in total. The van der Waals surface area contributed by atoms with Crippen LogP contribution in [0.2, 0.25) is 5.15 Å². The molecule has 0 saturated heterocycles. The van der Waals surface area contributed by atoms with Gasteiger partial charge in [0.2, 0.25) is 6.79 Å². The van der Waals surface area contributed by atoms with Crippen molar-refractivity contribution in [2.45, 2.75) is 6.61 Å². The van der Waals surface area contributed by atoms with Gasteiger partial charge < -0.3 is 14.2 Å². The van der Waals surface area contributed by atoms with E-state index in [9.17, 15) is 4.79 Å². The maximum atomic E-state index is 11.9. The van der Waals surface area contributed by atoms with Gasteiger partial charge in [0.05, 0.1) is 5.56 Å². The Labute approximate surface area is 120 Å². The molecule has 1 aromatic heterocycles. The Morgan fingerprint density at radius 1 is 1.25 bits per heavy atom. The number of aromatic nitrogens is 1. The lowest BCUT2D eigenvalue weighted by atomic mass is 10.2. The fourth-order valence-corrected chi connectivity index (χ4v) is 1.86. The van der Waals surface area contributed by atoms with E-state index in [0.717, 1.165) is 5.56 Å². The Balaban J connectivity index is 1.66. The lowest BCUT2D eigenvalue weighted by molar-refractivity contribution is 0.0472. The van der Waals surface area contributed by atoms with Crippen LogP contribution in [0.3, 0.4) is 0 Å². The second-order valence-electron chi connectivity index (χ2n) is 4.13. The SMILES string of the molecule is O=C(OCc1ccc(Cl)nc1)c1ccc2c(c1)OCO2. The third kappa shape index (κ3) is 2.67. The van der Waals surface area contributed by atoms with Crippen LogP contribution in [-0.2, 0) is 11.3 Å². The molecule has 0 amide bonds. The molecule has 0 spiro atoms. The van der Waals surface area contributed by atoms with E-state index in [1.54, 1.807) is 36.5 Å². The zero-order chi connectivity index (χ0) is 13.9. The number of benzene rings is 1. The molecule has 0 unspecified atom stereocenters. The standard InChI is InChI=1S/C14H10ClNO4/c15-13-4-1-9(6-16-13)7-18-14(17)10-2-3-11-12(5-10)20-8-19-11/h1-6H,7-8H2. The second kappa shape index (κ2) is 5.38. The molecule has 0 atom stereocenters. The quantitative estimate of drug-likeness (QED) is 0.643. The molecule has 2 aromatic rings. The Kier molecular flexibility index (Phi) is 3.43. The molecule has 6 heteroatoms. The van der Waals surface area contributed by atoms with Crippen LogP contribution in [0.15, 0.2) is 36.5 Å². The van der Waals surface area contributed by atoms with Gasteiger partial charge in [-0.05, 0) is 24.3 Å². The van der Waals surface area contributed by atoms with Gasteiger partial charge in [0.25, 0.3) is 0 Å². The van der Waals surface area contributed by atoms with Gasteiger partial charge in [0.1, 0.15) is 11.8 Å². The summed E-state index contributed by atoms with van der Waals surface area (Å²) in [5.74, 6) is 0.745. The third-order valence-electron chi connectivity index (χ3n) is 2.77. The molecule has 2 heterocycles. The van der Waals surface area contributed by atoms with Crippen LogP contribution in [0.25, 0.3) is 0 Å². The predicted octanol–water partition coefficient (Wildman–Crippen LogP) is 2.82. The molecular formula is C14H10ClNO4. The van der Waals surface area contributed by atoms with E-state index in [-0.39, 0.29) is 13.4 Å². The molecule has 0 fully saturated rings. The third-order valence-corrected chi connectivity index (χ3v) is 2.99. The number of ether oxygens (including phenoxy) is 3. The number of esters is 1. The van der Waals surface area contributed by atoms with E-state index in [2.05, 4.69) is 4.98 Å². The summed E-state index contributed by atoms with van der Waals surface area (Å²) in [5, 5.41) is 0.399. The molecule has 0 bridgehead atoms. The molecule has 20 heavy (non-hydrogen) atoms. The lowest BCUT2D eigenvalue weighted by Crippen LogP contribution is -2.05. The molecule has 102 valence electrons. The largest absolute Gasteiger partial charge is 0.457 e. The molecule has 0 saturated carbocycles. The van der Waals surface area contributed by atoms with E-state index in [1.165, 1.54) is 0 Å². The van der Waals surface area contributed by atoms with Crippen molar-refractivity contribution in [3.63, 3.8) is 0 Å². The average molecular weight is 292 g/mol. The van der Waals surface area contributed by atoms with Crippen molar-refractivity contribution >= 4 is 17.6 Å². The first-order chi connectivity index (χ1) is 9.72. The van der Waals surface area contributed by atoms with Crippen LogP contribution in [0.5, 0.6) is 11.5 Å². The Morgan fingerprint density at radius 3 is 2.90 bits per heavy atom. The number of pyridine rings is 1. The lowest BCUT2D eigenvalue weighted by Gasteiger charge is -2.05. The molecule has 0 radical (unpaired) electrons. The van der Waals surface area contributed by atoms with Crippen molar-refractivity contribution in [2.24, 2.45) is 0 Å². The number of carbonyl (C=O) groups excluding carboxylic acids is 1. The molecule has 0 N–H and O–H groups in total. The number of rotatable bonds is 3. The molecule has 1 aromatic carbocycles. The smallest absolute Gasteiger partial charge is 0.338 e. The first kappa shape index (κ1) is 12.7. The number of carbonyl (C=O) groups is 1. The fraction of sp³-hybridized carbons (Fsp3) is 0.143. The fourth-order valence-electron chi connectivity index (χ4n) is 1.75. The maximum Gasteiger partial charge on any atom is 0.338 e. The minimum atomic E-state index is -0.432. The monoisotopic (exact) mass is 291 g/mol. The van der Waals surface area contributed by atoms with Crippen molar-refractivity contribution < 1.29 is 19.0 Å². The van der Waals surface area contributed by atoms with Crippen molar-refractivity contribution in [3.8, 4) is 11.5 Å². The van der Waals surface area contributed by atoms with Crippen molar-refractivity contribution in [1.82, 2.24) is 4.98 Å². The zero-order valence-corrected chi connectivity index (χ0v) is 11.1. The summed E-state index contributed by atoms with van der Waals surface area (Å²) in [7, 11) is 0. The highest BCUT2D eigenvalue weighted by atomic mass is 35.5. The van der Waals surface area contributed by atoms with Crippen LogP contribution in [-0.4, -0.2) is 17.7 Å². The summed E-state index contributed by atoms with van der Waals surface area (Å²) in [6, 6.07) is 8.32. The molecule has 1 aliphatic heterocycles. The van der Waals surface area contributed by atoms with Gasteiger partial charge >= 0.3 is 5.97 Å². The Bertz CT molecular complexity index is 642. The predicted molar refractivity (Wildman–Crippen MR) is 70.9 cm³/mol. The van der Waals surface area contributed by atoms with Gasteiger partial charge in [0, 0.05) is 11.8 Å². The molecule has 1 aliphatic rings.